The van der Waals surface area contributed by atoms with E-state index in [4.69, 9.17) is 10.5 Å². The van der Waals surface area contributed by atoms with E-state index in [-0.39, 0.29) is 12.3 Å². The highest BCUT2D eigenvalue weighted by atomic mass is 19.1. The number of carbonyl (C=O) groups is 1. The fraction of sp³-hybridized carbons (Fsp3) is 0.333. The Morgan fingerprint density at radius 2 is 2.13 bits per heavy atom. The van der Waals surface area contributed by atoms with Crippen molar-refractivity contribution in [2.45, 2.75) is 33.1 Å². The first kappa shape index (κ1) is 25.0. The molecule has 30 heavy (non-hydrogen) atoms. The van der Waals surface area contributed by atoms with Gasteiger partial charge in [-0.3, -0.25) is 4.79 Å². The van der Waals surface area contributed by atoms with Crippen LogP contribution >= 0.6 is 0 Å². The van der Waals surface area contributed by atoms with Crippen molar-refractivity contribution in [2.75, 3.05) is 20.4 Å². The molecule has 0 unspecified atom stereocenters. The molecule has 0 amide bonds. The predicted octanol–water partition coefficient (Wildman–Crippen LogP) is 4.47. The summed E-state index contributed by atoms with van der Waals surface area (Å²) in [4.78, 5) is 15.2. The summed E-state index contributed by atoms with van der Waals surface area (Å²) < 4.78 is 18.5. The quantitative estimate of drug-likeness (QED) is 0.356. The van der Waals surface area contributed by atoms with E-state index in [2.05, 4.69) is 28.5 Å². The van der Waals surface area contributed by atoms with Crippen molar-refractivity contribution in [2.24, 2.45) is 10.7 Å². The highest BCUT2D eigenvalue weighted by Crippen LogP contribution is 2.11. The number of methoxy groups -OCH3 is 1. The minimum atomic E-state index is -0.539. The van der Waals surface area contributed by atoms with Gasteiger partial charge in [0.25, 0.3) is 0 Å². The SMILES string of the molecule is CC.COC/N=C(\C=C(/N)Cc1ccc(F)c(C=O)c1)NCCC1=CCC=CC=C1. The van der Waals surface area contributed by atoms with E-state index in [9.17, 15) is 9.18 Å². The minimum Gasteiger partial charge on any atom is -0.402 e. The number of nitrogens with one attached hydrogen (secondary N) is 1. The molecule has 0 radical (unpaired) electrons. The number of allylic oxidation sites excluding steroid dienone is 6. The average Bonchev–Trinajstić information content (AvgIpc) is 3.03. The van der Waals surface area contributed by atoms with Gasteiger partial charge in [0.05, 0.1) is 5.56 Å². The molecule has 0 heterocycles. The third kappa shape index (κ3) is 9.47. The summed E-state index contributed by atoms with van der Waals surface area (Å²) in [5.74, 6) is 0.0794. The van der Waals surface area contributed by atoms with Crippen molar-refractivity contribution in [3.05, 3.63) is 82.9 Å². The van der Waals surface area contributed by atoms with Crippen LogP contribution in [0.4, 0.5) is 4.39 Å². The lowest BCUT2D eigenvalue weighted by Crippen LogP contribution is -2.25. The van der Waals surface area contributed by atoms with Crippen molar-refractivity contribution in [3.8, 4) is 0 Å². The van der Waals surface area contributed by atoms with Crippen LogP contribution in [0.5, 0.6) is 0 Å². The van der Waals surface area contributed by atoms with Crippen molar-refractivity contribution >= 4 is 12.1 Å². The van der Waals surface area contributed by atoms with E-state index in [1.165, 1.54) is 17.7 Å². The molecule has 0 fully saturated rings. The molecule has 0 aromatic heterocycles. The van der Waals surface area contributed by atoms with Crippen LogP contribution in [0, 0.1) is 5.82 Å². The number of aliphatic imine (C=N–C) groups is 1. The van der Waals surface area contributed by atoms with E-state index in [1.54, 1.807) is 19.3 Å². The number of amidine groups is 1. The van der Waals surface area contributed by atoms with Crippen LogP contribution in [-0.2, 0) is 11.2 Å². The zero-order chi connectivity index (χ0) is 22.2. The van der Waals surface area contributed by atoms with Gasteiger partial charge in [-0.25, -0.2) is 9.38 Å². The lowest BCUT2D eigenvalue weighted by molar-refractivity contribution is 0.111. The van der Waals surface area contributed by atoms with Crippen LogP contribution in [0.2, 0.25) is 0 Å². The Morgan fingerprint density at radius 3 is 2.87 bits per heavy atom. The maximum Gasteiger partial charge on any atom is 0.153 e. The maximum absolute atomic E-state index is 13.4. The normalized spacial score (nSPS) is 13.8. The molecule has 0 atom stereocenters. The molecule has 1 aliphatic carbocycles. The molecule has 1 aliphatic rings. The number of nitrogens with zero attached hydrogens (tertiary/aromatic N) is 1. The summed E-state index contributed by atoms with van der Waals surface area (Å²) in [7, 11) is 1.57. The number of rotatable bonds is 9. The summed E-state index contributed by atoms with van der Waals surface area (Å²) in [6, 6.07) is 4.38. The van der Waals surface area contributed by atoms with Crippen molar-refractivity contribution in [3.63, 3.8) is 0 Å². The fourth-order valence-electron chi connectivity index (χ4n) is 2.69. The zero-order valence-corrected chi connectivity index (χ0v) is 18.0. The standard InChI is InChI=1S/C22H26FN3O2.C2H6/c1-28-16-26-22(25-11-10-17-6-4-2-3-5-7-17)14-20(24)13-18-8-9-21(23)19(12-18)15-27;1-2/h2-4,6-9,12,14-15H,5,10-11,13,16,24H2,1H3,(H,25,26);1-2H3/b20-14-;. The van der Waals surface area contributed by atoms with Crippen molar-refractivity contribution < 1.29 is 13.9 Å². The Hall–Kier alpha value is -2.99. The van der Waals surface area contributed by atoms with Crippen LogP contribution in [0.1, 0.15) is 42.6 Å². The first-order valence-corrected chi connectivity index (χ1v) is 10.1. The molecule has 5 nitrogen and oxygen atoms in total. The number of halogens is 1. The van der Waals surface area contributed by atoms with Crippen LogP contribution in [0.15, 0.2) is 70.9 Å². The summed E-state index contributed by atoms with van der Waals surface area (Å²) in [5.41, 5.74) is 8.71. The Balaban J connectivity index is 0.00000218. The maximum atomic E-state index is 13.4. The molecule has 2 rings (SSSR count). The Morgan fingerprint density at radius 1 is 1.33 bits per heavy atom. The van der Waals surface area contributed by atoms with Gasteiger partial charge in [-0.2, -0.15) is 0 Å². The zero-order valence-electron chi connectivity index (χ0n) is 18.0. The van der Waals surface area contributed by atoms with E-state index in [0.717, 1.165) is 18.4 Å². The number of aldehydes is 1. The topological polar surface area (TPSA) is 76.7 Å². The van der Waals surface area contributed by atoms with Gasteiger partial charge in [0, 0.05) is 25.8 Å². The number of nitrogens with two attached hydrogens (primary N) is 1. The molecule has 3 N–H and O–H groups in total. The molecule has 1 aromatic carbocycles. The van der Waals surface area contributed by atoms with Crippen LogP contribution < -0.4 is 11.1 Å². The molecular weight excluding hydrogens is 381 g/mol. The summed E-state index contributed by atoms with van der Waals surface area (Å²) in [6.07, 6.45) is 14.9. The molecule has 0 aliphatic heterocycles. The Labute approximate surface area is 178 Å². The lowest BCUT2D eigenvalue weighted by atomic mass is 10.1. The number of hydrogen-bond donors (Lipinski definition) is 2. The third-order valence-corrected chi connectivity index (χ3v) is 4.08. The van der Waals surface area contributed by atoms with Crippen LogP contribution in [0.3, 0.4) is 0 Å². The Kier molecular flexibility index (Phi) is 12.5. The van der Waals surface area contributed by atoms with Crippen molar-refractivity contribution in [1.82, 2.24) is 5.32 Å². The van der Waals surface area contributed by atoms with E-state index < -0.39 is 5.82 Å². The number of hydrogen-bond acceptors (Lipinski definition) is 4. The van der Waals surface area contributed by atoms with E-state index in [0.29, 0.717) is 30.8 Å². The smallest absolute Gasteiger partial charge is 0.153 e. The molecule has 0 saturated carbocycles. The van der Waals surface area contributed by atoms with E-state index in [1.807, 2.05) is 26.0 Å². The van der Waals surface area contributed by atoms with Gasteiger partial charge in [0.1, 0.15) is 18.4 Å². The molecule has 162 valence electrons. The summed E-state index contributed by atoms with van der Waals surface area (Å²) in [5, 5.41) is 3.27. The van der Waals surface area contributed by atoms with Gasteiger partial charge in [-0.15, -0.1) is 0 Å². The second-order valence-electron chi connectivity index (χ2n) is 6.31. The minimum absolute atomic E-state index is 0.0240. The monoisotopic (exact) mass is 413 g/mol. The molecule has 0 saturated heterocycles. The molecule has 1 aromatic rings. The molecular formula is C24H32FN3O2. The Bertz CT molecular complexity index is 824. The van der Waals surface area contributed by atoms with Gasteiger partial charge in [-0.1, -0.05) is 50.3 Å². The summed E-state index contributed by atoms with van der Waals surface area (Å²) in [6.45, 7) is 4.92. The highest BCUT2D eigenvalue weighted by Gasteiger charge is 2.05. The number of carbonyl (C=O) groups excluding carboxylic acids is 1. The average molecular weight is 414 g/mol. The van der Waals surface area contributed by atoms with Crippen LogP contribution in [0.25, 0.3) is 0 Å². The predicted molar refractivity (Wildman–Crippen MR) is 122 cm³/mol. The molecule has 0 bridgehead atoms. The second-order valence-corrected chi connectivity index (χ2v) is 6.31. The highest BCUT2D eigenvalue weighted by molar-refractivity contribution is 5.93. The van der Waals surface area contributed by atoms with E-state index >= 15 is 0 Å². The lowest BCUT2D eigenvalue weighted by Gasteiger charge is -2.09. The van der Waals surface area contributed by atoms with Gasteiger partial charge >= 0.3 is 0 Å². The number of benzene rings is 1. The van der Waals surface area contributed by atoms with Gasteiger partial charge < -0.3 is 15.8 Å². The fourth-order valence-corrected chi connectivity index (χ4v) is 2.69. The van der Waals surface area contributed by atoms with Crippen LogP contribution in [-0.4, -0.2) is 32.5 Å². The second kappa shape index (κ2) is 14.9. The van der Waals surface area contributed by atoms with Gasteiger partial charge in [-0.05, 0) is 42.2 Å². The third-order valence-electron chi connectivity index (χ3n) is 4.08. The largest absolute Gasteiger partial charge is 0.402 e. The van der Waals surface area contributed by atoms with Gasteiger partial charge in [0.15, 0.2) is 6.29 Å². The number of ether oxygens (including phenoxy) is 1. The first-order valence-electron chi connectivity index (χ1n) is 10.1. The molecule has 6 heteroatoms. The summed E-state index contributed by atoms with van der Waals surface area (Å²) >= 11 is 0. The first-order chi connectivity index (χ1) is 14.6. The molecule has 0 spiro atoms. The van der Waals surface area contributed by atoms with Gasteiger partial charge in [0.2, 0.25) is 0 Å². The van der Waals surface area contributed by atoms with Crippen molar-refractivity contribution in [1.29, 1.82) is 0 Å².